The largest absolute Gasteiger partial charge is 0.384 e. The minimum Gasteiger partial charge on any atom is -0.384 e. The van der Waals surface area contributed by atoms with E-state index >= 15 is 0 Å². The summed E-state index contributed by atoms with van der Waals surface area (Å²) in [5, 5.41) is 2.76. The maximum Gasteiger partial charge on any atom is 0.273 e. The normalized spacial score (nSPS) is 11.2. The molecule has 3 N–H and O–H groups in total. The summed E-state index contributed by atoms with van der Waals surface area (Å²) in [6.07, 6.45) is 0. The summed E-state index contributed by atoms with van der Waals surface area (Å²) in [5.41, 5.74) is 11.3. The molecule has 1 aromatic carbocycles. The van der Waals surface area contributed by atoms with E-state index in [0.717, 1.165) is 11.1 Å². The Morgan fingerprint density at radius 3 is 2.65 bits per heavy atom. The monoisotopic (exact) mass is 268 g/mol. The average Bonchev–Trinajstić information content (AvgIpc) is 2.77. The van der Waals surface area contributed by atoms with E-state index in [0.29, 0.717) is 17.2 Å². The van der Waals surface area contributed by atoms with Gasteiger partial charge in [-0.2, -0.15) is 4.52 Å². The molecule has 0 fully saturated rings. The molecule has 0 atom stereocenters. The van der Waals surface area contributed by atoms with E-state index in [1.807, 2.05) is 19.1 Å². The Morgan fingerprint density at radius 2 is 1.90 bits per heavy atom. The predicted octanol–water partition coefficient (Wildman–Crippen LogP) is 2.20. The second-order valence-corrected chi connectivity index (χ2v) is 5.06. The smallest absolute Gasteiger partial charge is 0.273 e. The van der Waals surface area contributed by atoms with Crippen molar-refractivity contribution in [2.75, 3.05) is 5.73 Å². The molecule has 0 spiro atoms. The third-order valence-corrected chi connectivity index (χ3v) is 3.80. The van der Waals surface area contributed by atoms with Crippen molar-refractivity contribution in [2.24, 2.45) is 0 Å². The van der Waals surface area contributed by atoms with Crippen molar-refractivity contribution in [3.05, 3.63) is 51.3 Å². The second-order valence-electron chi connectivity index (χ2n) is 5.06. The molecule has 2 aromatic heterocycles. The minimum atomic E-state index is -0.167. The summed E-state index contributed by atoms with van der Waals surface area (Å²) >= 11 is 0. The summed E-state index contributed by atoms with van der Waals surface area (Å²) in [4.78, 5) is 16.6. The number of nitrogens with zero attached hydrogens (tertiary/aromatic N) is 2. The van der Waals surface area contributed by atoms with E-state index in [1.54, 1.807) is 6.07 Å². The fraction of sp³-hybridized carbons (Fsp3) is 0.200. The van der Waals surface area contributed by atoms with Gasteiger partial charge < -0.3 is 5.73 Å². The van der Waals surface area contributed by atoms with Crippen molar-refractivity contribution in [1.29, 1.82) is 0 Å². The van der Waals surface area contributed by atoms with Crippen LogP contribution in [0.15, 0.2) is 29.1 Å². The van der Waals surface area contributed by atoms with Crippen LogP contribution < -0.4 is 11.3 Å². The lowest BCUT2D eigenvalue weighted by atomic mass is 9.97. The molecule has 0 unspecified atom stereocenters. The molecule has 0 amide bonds. The van der Waals surface area contributed by atoms with Crippen LogP contribution in [0.5, 0.6) is 0 Å². The van der Waals surface area contributed by atoms with Gasteiger partial charge in [-0.1, -0.05) is 12.1 Å². The summed E-state index contributed by atoms with van der Waals surface area (Å²) in [7, 11) is 0. The van der Waals surface area contributed by atoms with Crippen molar-refractivity contribution in [1.82, 2.24) is 14.6 Å². The SMILES string of the molecule is Cc1ccc(-c2cc(=O)n3[nH]c(N)cc3n2)c(C)c1C. The van der Waals surface area contributed by atoms with Crippen LogP contribution in [0.2, 0.25) is 0 Å². The third-order valence-electron chi connectivity index (χ3n) is 3.80. The number of anilines is 1. The van der Waals surface area contributed by atoms with E-state index in [-0.39, 0.29) is 5.56 Å². The van der Waals surface area contributed by atoms with Gasteiger partial charge in [0.1, 0.15) is 5.82 Å². The minimum absolute atomic E-state index is 0.167. The van der Waals surface area contributed by atoms with Crippen molar-refractivity contribution < 1.29 is 0 Å². The predicted molar refractivity (Wildman–Crippen MR) is 79.9 cm³/mol. The molecule has 3 rings (SSSR count). The number of aromatic nitrogens is 3. The fourth-order valence-electron chi connectivity index (χ4n) is 2.38. The number of fused-ring (bicyclic) bond motifs is 1. The Bertz CT molecular complexity index is 873. The average molecular weight is 268 g/mol. The number of hydrogen-bond donors (Lipinski definition) is 2. The molecule has 5 nitrogen and oxygen atoms in total. The van der Waals surface area contributed by atoms with Gasteiger partial charge in [-0.3, -0.25) is 9.89 Å². The van der Waals surface area contributed by atoms with Gasteiger partial charge in [0.2, 0.25) is 0 Å². The highest BCUT2D eigenvalue weighted by Crippen LogP contribution is 2.25. The zero-order chi connectivity index (χ0) is 14.4. The molecule has 2 heterocycles. The third kappa shape index (κ3) is 1.79. The molecule has 5 heteroatoms. The Kier molecular flexibility index (Phi) is 2.64. The van der Waals surface area contributed by atoms with Gasteiger partial charge >= 0.3 is 0 Å². The maximum atomic E-state index is 12.1. The number of rotatable bonds is 1. The highest BCUT2D eigenvalue weighted by atomic mass is 16.1. The Labute approximate surface area is 116 Å². The Balaban J connectivity index is 2.30. The quantitative estimate of drug-likeness (QED) is 0.710. The first-order valence-corrected chi connectivity index (χ1v) is 6.43. The van der Waals surface area contributed by atoms with Gasteiger partial charge in [-0.05, 0) is 37.5 Å². The number of hydrogen-bond acceptors (Lipinski definition) is 3. The zero-order valence-electron chi connectivity index (χ0n) is 11.7. The summed E-state index contributed by atoms with van der Waals surface area (Å²) < 4.78 is 1.34. The number of benzene rings is 1. The van der Waals surface area contributed by atoms with Crippen LogP contribution in [0.4, 0.5) is 5.82 Å². The molecular formula is C15H16N4O. The van der Waals surface area contributed by atoms with Crippen LogP contribution in [0.25, 0.3) is 16.9 Å². The zero-order valence-corrected chi connectivity index (χ0v) is 11.7. The van der Waals surface area contributed by atoms with Gasteiger partial charge in [0, 0.05) is 17.7 Å². The number of aromatic amines is 1. The van der Waals surface area contributed by atoms with E-state index in [1.165, 1.54) is 21.7 Å². The van der Waals surface area contributed by atoms with Crippen LogP contribution in [0.3, 0.4) is 0 Å². The Hall–Kier alpha value is -2.56. The van der Waals surface area contributed by atoms with Gasteiger partial charge in [-0.25, -0.2) is 4.98 Å². The molecule has 102 valence electrons. The molecular weight excluding hydrogens is 252 g/mol. The van der Waals surface area contributed by atoms with Crippen molar-refractivity contribution in [3.63, 3.8) is 0 Å². The maximum absolute atomic E-state index is 12.1. The van der Waals surface area contributed by atoms with Crippen molar-refractivity contribution >= 4 is 11.5 Å². The first-order chi connectivity index (χ1) is 9.47. The van der Waals surface area contributed by atoms with Crippen LogP contribution in [-0.4, -0.2) is 14.6 Å². The lowest BCUT2D eigenvalue weighted by Gasteiger charge is -2.10. The number of nitrogens with two attached hydrogens (primary N) is 1. The highest BCUT2D eigenvalue weighted by molar-refractivity contribution is 5.68. The van der Waals surface area contributed by atoms with Crippen LogP contribution >= 0.6 is 0 Å². The second kappa shape index (κ2) is 4.23. The lowest BCUT2D eigenvalue weighted by molar-refractivity contribution is 0.906. The van der Waals surface area contributed by atoms with Crippen molar-refractivity contribution in [3.8, 4) is 11.3 Å². The summed E-state index contributed by atoms with van der Waals surface area (Å²) in [6.45, 7) is 6.20. The number of H-pyrrole nitrogens is 1. The van der Waals surface area contributed by atoms with Gasteiger partial charge in [-0.15, -0.1) is 0 Å². The molecule has 0 saturated heterocycles. The van der Waals surface area contributed by atoms with E-state index in [2.05, 4.69) is 23.9 Å². The lowest BCUT2D eigenvalue weighted by Crippen LogP contribution is -2.14. The van der Waals surface area contributed by atoms with E-state index in [4.69, 9.17) is 5.73 Å². The number of aryl methyl sites for hydroxylation is 1. The van der Waals surface area contributed by atoms with Gasteiger partial charge in [0.05, 0.1) is 5.69 Å². The summed E-state index contributed by atoms with van der Waals surface area (Å²) in [5.74, 6) is 0.420. The van der Waals surface area contributed by atoms with Crippen molar-refractivity contribution in [2.45, 2.75) is 20.8 Å². The topological polar surface area (TPSA) is 76.2 Å². The molecule has 0 aliphatic carbocycles. The van der Waals surface area contributed by atoms with Gasteiger partial charge in [0.15, 0.2) is 5.65 Å². The summed E-state index contributed by atoms with van der Waals surface area (Å²) in [6, 6.07) is 7.24. The number of nitrogens with one attached hydrogen (secondary N) is 1. The standard InChI is InChI=1S/C15H16N4O/c1-8-4-5-11(10(3)9(8)2)12-6-15(20)19-14(17-12)7-13(16)18-19/h4-7,18H,16H2,1-3H3. The van der Waals surface area contributed by atoms with Crippen LogP contribution in [-0.2, 0) is 0 Å². The molecule has 0 radical (unpaired) electrons. The molecule has 3 aromatic rings. The Morgan fingerprint density at radius 1 is 1.15 bits per heavy atom. The molecule has 20 heavy (non-hydrogen) atoms. The van der Waals surface area contributed by atoms with E-state index < -0.39 is 0 Å². The van der Waals surface area contributed by atoms with Crippen LogP contribution in [0.1, 0.15) is 16.7 Å². The molecule has 0 saturated carbocycles. The fourth-order valence-corrected chi connectivity index (χ4v) is 2.38. The number of nitrogen functional groups attached to an aromatic ring is 1. The van der Waals surface area contributed by atoms with Gasteiger partial charge in [0.25, 0.3) is 5.56 Å². The molecule has 0 aliphatic heterocycles. The van der Waals surface area contributed by atoms with E-state index in [9.17, 15) is 4.79 Å². The highest BCUT2D eigenvalue weighted by Gasteiger charge is 2.10. The first-order valence-electron chi connectivity index (χ1n) is 6.43. The molecule has 0 bridgehead atoms. The molecule has 0 aliphatic rings. The first kappa shape index (κ1) is 12.5. The van der Waals surface area contributed by atoms with Crippen LogP contribution in [0, 0.1) is 20.8 Å².